The number of carbonyl (C=O) groups is 3. The molecule has 144 valence electrons. The van der Waals surface area contributed by atoms with Gasteiger partial charge >= 0.3 is 17.9 Å². The highest BCUT2D eigenvalue weighted by atomic mass is 16.5. The molecule has 1 heterocycles. The minimum atomic E-state index is -1.14. The van der Waals surface area contributed by atoms with Gasteiger partial charge in [-0.2, -0.15) is 0 Å². The van der Waals surface area contributed by atoms with E-state index >= 15 is 0 Å². The number of allylic oxidation sites excluding steroid dienone is 1. The molecular formula is C20H23NO6. The van der Waals surface area contributed by atoms with Crippen molar-refractivity contribution in [3.8, 4) is 0 Å². The number of ether oxygens (including phenoxy) is 2. The molecule has 2 rings (SSSR count). The number of hydrogen-bond donors (Lipinski definition) is 1. The van der Waals surface area contributed by atoms with Crippen LogP contribution in [-0.4, -0.2) is 41.9 Å². The lowest BCUT2D eigenvalue weighted by molar-refractivity contribution is -0.146. The first-order chi connectivity index (χ1) is 12.8. The predicted molar refractivity (Wildman–Crippen MR) is 98.7 cm³/mol. The van der Waals surface area contributed by atoms with Crippen molar-refractivity contribution in [1.29, 1.82) is 0 Å². The number of carboxylic acids is 1. The van der Waals surface area contributed by atoms with Crippen LogP contribution in [0.3, 0.4) is 0 Å². The van der Waals surface area contributed by atoms with Crippen molar-refractivity contribution in [3.63, 3.8) is 0 Å². The van der Waals surface area contributed by atoms with Gasteiger partial charge in [-0.3, -0.25) is 9.79 Å². The number of rotatable bonds is 6. The van der Waals surface area contributed by atoms with Gasteiger partial charge in [-0.1, -0.05) is 18.2 Å². The number of carbonyl (C=O) groups excluding carboxylic acids is 2. The summed E-state index contributed by atoms with van der Waals surface area (Å²) >= 11 is 0. The normalized spacial score (nSPS) is 19.3. The fourth-order valence-electron chi connectivity index (χ4n) is 3.35. The number of aliphatic imine (C=N–C) groups is 1. The molecule has 0 saturated carbocycles. The van der Waals surface area contributed by atoms with Crippen molar-refractivity contribution in [2.45, 2.75) is 33.6 Å². The van der Waals surface area contributed by atoms with Crippen LogP contribution in [-0.2, 0) is 19.1 Å². The highest BCUT2D eigenvalue weighted by Gasteiger charge is 2.43. The average molecular weight is 373 g/mol. The van der Waals surface area contributed by atoms with E-state index in [1.54, 1.807) is 45.9 Å². The zero-order chi connectivity index (χ0) is 20.1. The Hall–Kier alpha value is -2.96. The first-order valence-corrected chi connectivity index (χ1v) is 8.75. The number of esters is 2. The molecule has 1 aromatic rings. The molecule has 0 saturated heterocycles. The second kappa shape index (κ2) is 8.62. The molecule has 0 aromatic heterocycles. The van der Waals surface area contributed by atoms with E-state index in [1.165, 1.54) is 6.07 Å². The number of carboxylic acid groups (broad SMARTS) is 1. The van der Waals surface area contributed by atoms with Gasteiger partial charge in [0.05, 0.1) is 24.4 Å². The van der Waals surface area contributed by atoms with E-state index in [0.717, 1.165) is 0 Å². The van der Waals surface area contributed by atoms with Gasteiger partial charge in [-0.25, -0.2) is 9.59 Å². The lowest BCUT2D eigenvalue weighted by atomic mass is 9.74. The maximum absolute atomic E-state index is 12.7. The van der Waals surface area contributed by atoms with Crippen LogP contribution >= 0.6 is 0 Å². The first-order valence-electron chi connectivity index (χ1n) is 8.75. The Labute approximate surface area is 157 Å². The van der Waals surface area contributed by atoms with Crippen LogP contribution in [0.1, 0.15) is 49.5 Å². The van der Waals surface area contributed by atoms with Gasteiger partial charge in [0.25, 0.3) is 0 Å². The fraction of sp³-hybridized carbons (Fsp3) is 0.400. The molecule has 1 aliphatic rings. The molecule has 1 N–H and O–H groups in total. The molecule has 7 heteroatoms. The minimum absolute atomic E-state index is 0.0149. The zero-order valence-electron chi connectivity index (χ0n) is 15.8. The Morgan fingerprint density at radius 2 is 1.70 bits per heavy atom. The summed E-state index contributed by atoms with van der Waals surface area (Å²) in [5, 5.41) is 9.61. The average Bonchev–Trinajstić information content (AvgIpc) is 2.61. The summed E-state index contributed by atoms with van der Waals surface area (Å²) in [5.41, 5.74) is 1.40. The largest absolute Gasteiger partial charge is 0.478 e. The third-order valence-corrected chi connectivity index (χ3v) is 4.39. The van der Waals surface area contributed by atoms with Gasteiger partial charge < -0.3 is 14.6 Å². The molecule has 7 nitrogen and oxygen atoms in total. The summed E-state index contributed by atoms with van der Waals surface area (Å²) in [4.78, 5) is 41.4. The summed E-state index contributed by atoms with van der Waals surface area (Å²) in [7, 11) is 0. The van der Waals surface area contributed by atoms with Gasteiger partial charge in [-0.05, 0) is 39.3 Å². The molecule has 0 amide bonds. The Morgan fingerprint density at radius 3 is 2.30 bits per heavy atom. The number of aromatic carboxylic acids is 1. The summed E-state index contributed by atoms with van der Waals surface area (Å²) in [5.74, 6) is -4.08. The van der Waals surface area contributed by atoms with Gasteiger partial charge in [0.1, 0.15) is 5.92 Å². The SMILES string of the molecule is CCOC(=O)C1=C(C)N=C(C)C(C(=O)OCC)C1c1ccccc1C(=O)O. The Bertz CT molecular complexity index is 824. The standard InChI is InChI=1S/C20H23NO6/c1-5-26-19(24)15-11(3)21-12(4)16(20(25)27-6-2)17(15)13-9-7-8-10-14(13)18(22)23/h7-10,15,17H,5-6H2,1-4H3,(H,22,23). The molecule has 27 heavy (non-hydrogen) atoms. The summed E-state index contributed by atoms with van der Waals surface area (Å²) in [6.45, 7) is 6.98. The number of nitrogens with zero attached hydrogens (tertiary/aromatic N) is 1. The van der Waals surface area contributed by atoms with Crippen LogP contribution < -0.4 is 0 Å². The van der Waals surface area contributed by atoms with E-state index in [1.807, 2.05) is 0 Å². The summed E-state index contributed by atoms with van der Waals surface area (Å²) in [6.07, 6.45) is 0. The topological polar surface area (TPSA) is 102 Å². The zero-order valence-corrected chi connectivity index (χ0v) is 15.8. The van der Waals surface area contributed by atoms with Crippen molar-refractivity contribution in [2.75, 3.05) is 13.2 Å². The van der Waals surface area contributed by atoms with E-state index in [0.29, 0.717) is 17.0 Å². The molecule has 2 atom stereocenters. The second-order valence-corrected chi connectivity index (χ2v) is 6.07. The Morgan fingerprint density at radius 1 is 1.07 bits per heavy atom. The van der Waals surface area contributed by atoms with Crippen LogP contribution in [0.2, 0.25) is 0 Å². The third-order valence-electron chi connectivity index (χ3n) is 4.39. The molecule has 0 bridgehead atoms. The predicted octanol–water partition coefficient (Wildman–Crippen LogP) is 2.96. The van der Waals surface area contributed by atoms with E-state index in [-0.39, 0.29) is 24.4 Å². The lowest BCUT2D eigenvalue weighted by Gasteiger charge is -2.32. The molecule has 0 radical (unpaired) electrons. The molecule has 1 aromatic carbocycles. The van der Waals surface area contributed by atoms with Gasteiger partial charge in [0.2, 0.25) is 0 Å². The molecule has 0 spiro atoms. The van der Waals surface area contributed by atoms with E-state index < -0.39 is 29.7 Å². The smallest absolute Gasteiger partial charge is 0.336 e. The highest BCUT2D eigenvalue weighted by molar-refractivity contribution is 6.07. The number of hydrogen-bond acceptors (Lipinski definition) is 6. The molecule has 2 unspecified atom stereocenters. The number of benzene rings is 1. The van der Waals surface area contributed by atoms with Crippen molar-refractivity contribution in [2.24, 2.45) is 10.9 Å². The van der Waals surface area contributed by atoms with Crippen LogP contribution in [0, 0.1) is 5.92 Å². The van der Waals surface area contributed by atoms with Crippen molar-refractivity contribution in [3.05, 3.63) is 46.7 Å². The molecule has 0 fully saturated rings. The Kier molecular flexibility index (Phi) is 6.50. The van der Waals surface area contributed by atoms with Gasteiger partial charge in [-0.15, -0.1) is 0 Å². The fourth-order valence-corrected chi connectivity index (χ4v) is 3.35. The van der Waals surface area contributed by atoms with E-state index in [4.69, 9.17) is 9.47 Å². The maximum Gasteiger partial charge on any atom is 0.336 e. The van der Waals surface area contributed by atoms with Gasteiger partial charge in [0, 0.05) is 17.3 Å². The van der Waals surface area contributed by atoms with Gasteiger partial charge in [0.15, 0.2) is 0 Å². The summed E-state index contributed by atoms with van der Waals surface area (Å²) in [6, 6.07) is 6.31. The Balaban J connectivity index is 2.74. The van der Waals surface area contributed by atoms with Crippen LogP contribution in [0.4, 0.5) is 0 Å². The van der Waals surface area contributed by atoms with E-state index in [2.05, 4.69) is 4.99 Å². The molecule has 1 aliphatic heterocycles. The van der Waals surface area contributed by atoms with Crippen LogP contribution in [0.15, 0.2) is 40.5 Å². The third kappa shape index (κ3) is 4.07. The summed E-state index contributed by atoms with van der Waals surface area (Å²) < 4.78 is 10.3. The molecular weight excluding hydrogens is 350 g/mol. The monoisotopic (exact) mass is 373 g/mol. The minimum Gasteiger partial charge on any atom is -0.478 e. The highest BCUT2D eigenvalue weighted by Crippen LogP contribution is 2.41. The van der Waals surface area contributed by atoms with Crippen molar-refractivity contribution in [1.82, 2.24) is 0 Å². The molecule has 0 aliphatic carbocycles. The van der Waals surface area contributed by atoms with E-state index in [9.17, 15) is 19.5 Å². The first kappa shape index (κ1) is 20.4. The van der Waals surface area contributed by atoms with Crippen LogP contribution in [0.25, 0.3) is 0 Å². The quantitative estimate of drug-likeness (QED) is 0.769. The lowest BCUT2D eigenvalue weighted by Crippen LogP contribution is -2.37. The maximum atomic E-state index is 12.7. The van der Waals surface area contributed by atoms with Crippen molar-refractivity contribution < 1.29 is 29.0 Å². The van der Waals surface area contributed by atoms with Crippen LogP contribution in [0.5, 0.6) is 0 Å². The second-order valence-electron chi connectivity index (χ2n) is 6.07. The van der Waals surface area contributed by atoms with Crippen molar-refractivity contribution >= 4 is 23.6 Å².